The van der Waals surface area contributed by atoms with Gasteiger partial charge in [0.15, 0.2) is 5.78 Å². The molecule has 2 heteroatoms. The molecule has 0 amide bonds. The normalized spacial score (nSPS) is 29.1. The monoisotopic (exact) mass is 211 g/mol. The first-order chi connectivity index (χ1) is 7.07. The third-order valence-corrected chi connectivity index (χ3v) is 3.79. The molecule has 0 aromatic heterocycles. The highest BCUT2D eigenvalue weighted by atomic mass is 16.1. The largest absolute Gasteiger partial charge is 0.310 e. The van der Waals surface area contributed by atoms with Crippen molar-refractivity contribution in [3.05, 3.63) is 0 Å². The summed E-state index contributed by atoms with van der Waals surface area (Å²) in [4.78, 5) is 12.1. The molecule has 0 bridgehead atoms. The van der Waals surface area contributed by atoms with Gasteiger partial charge >= 0.3 is 0 Å². The molecule has 1 aliphatic carbocycles. The summed E-state index contributed by atoms with van der Waals surface area (Å²) in [5.74, 6) is 1.78. The first kappa shape index (κ1) is 12.7. The summed E-state index contributed by atoms with van der Waals surface area (Å²) in [5.41, 5.74) is 0. The van der Waals surface area contributed by atoms with E-state index in [2.05, 4.69) is 12.2 Å². The lowest BCUT2D eigenvalue weighted by Crippen LogP contribution is -2.46. The Morgan fingerprint density at radius 2 is 1.87 bits per heavy atom. The summed E-state index contributed by atoms with van der Waals surface area (Å²) >= 11 is 0. The predicted molar refractivity (Wildman–Crippen MR) is 63.8 cm³/mol. The fourth-order valence-corrected chi connectivity index (χ4v) is 2.77. The zero-order chi connectivity index (χ0) is 11.4. The number of Topliss-reactive ketones (excluding diaryl/α,β-unsaturated/α-hetero) is 1. The zero-order valence-corrected chi connectivity index (χ0v) is 10.5. The molecule has 1 N–H and O–H groups in total. The zero-order valence-electron chi connectivity index (χ0n) is 10.5. The number of rotatable bonds is 4. The second kappa shape index (κ2) is 5.64. The van der Waals surface area contributed by atoms with Crippen LogP contribution in [0.4, 0.5) is 0 Å². The molecule has 0 heterocycles. The Labute approximate surface area is 93.8 Å². The van der Waals surface area contributed by atoms with Gasteiger partial charge in [-0.3, -0.25) is 4.79 Å². The number of nitrogens with one attached hydrogen (secondary N) is 1. The Bertz CT molecular complexity index is 213. The molecule has 3 unspecified atom stereocenters. The van der Waals surface area contributed by atoms with E-state index in [1.165, 1.54) is 25.7 Å². The van der Waals surface area contributed by atoms with Crippen molar-refractivity contribution >= 4 is 5.78 Å². The molecule has 0 aliphatic heterocycles. The fourth-order valence-electron chi connectivity index (χ4n) is 2.77. The van der Waals surface area contributed by atoms with Crippen LogP contribution >= 0.6 is 0 Å². The van der Waals surface area contributed by atoms with E-state index in [1.807, 2.05) is 20.9 Å². The summed E-state index contributed by atoms with van der Waals surface area (Å²) < 4.78 is 0. The summed E-state index contributed by atoms with van der Waals surface area (Å²) in [6.07, 6.45) is 5.13. The van der Waals surface area contributed by atoms with E-state index >= 15 is 0 Å². The van der Waals surface area contributed by atoms with Crippen molar-refractivity contribution in [3.8, 4) is 0 Å². The number of ketones is 1. The van der Waals surface area contributed by atoms with Gasteiger partial charge in [0.25, 0.3) is 0 Å². The van der Waals surface area contributed by atoms with Gasteiger partial charge in [-0.1, -0.05) is 40.0 Å². The number of hydrogen-bond donors (Lipinski definition) is 1. The Hall–Kier alpha value is -0.370. The maximum atomic E-state index is 12.1. The molecule has 0 aromatic carbocycles. The van der Waals surface area contributed by atoms with Gasteiger partial charge < -0.3 is 5.32 Å². The molecule has 15 heavy (non-hydrogen) atoms. The number of hydrogen-bond acceptors (Lipinski definition) is 2. The van der Waals surface area contributed by atoms with Gasteiger partial charge in [-0.25, -0.2) is 0 Å². The van der Waals surface area contributed by atoms with Crippen LogP contribution in [-0.2, 0) is 4.79 Å². The van der Waals surface area contributed by atoms with E-state index in [9.17, 15) is 4.79 Å². The lowest BCUT2D eigenvalue weighted by molar-refractivity contribution is -0.126. The van der Waals surface area contributed by atoms with Crippen LogP contribution in [0.1, 0.15) is 46.5 Å². The minimum Gasteiger partial charge on any atom is -0.310 e. The third-order valence-electron chi connectivity index (χ3n) is 3.79. The van der Waals surface area contributed by atoms with Crippen LogP contribution in [0.2, 0.25) is 0 Å². The van der Waals surface area contributed by atoms with E-state index in [-0.39, 0.29) is 12.0 Å². The molecule has 1 fully saturated rings. The molecule has 0 aromatic rings. The molecule has 0 spiro atoms. The van der Waals surface area contributed by atoms with Gasteiger partial charge in [-0.15, -0.1) is 0 Å². The average Bonchev–Trinajstić information content (AvgIpc) is 2.21. The number of carbonyl (C=O) groups is 1. The summed E-state index contributed by atoms with van der Waals surface area (Å²) in [7, 11) is 1.92. The number of carbonyl (C=O) groups excluding carboxylic acids is 1. The lowest BCUT2D eigenvalue weighted by atomic mass is 9.74. The molecule has 2 nitrogen and oxygen atoms in total. The third kappa shape index (κ3) is 3.04. The van der Waals surface area contributed by atoms with Crippen LogP contribution in [0.25, 0.3) is 0 Å². The van der Waals surface area contributed by atoms with E-state index in [0.717, 1.165) is 0 Å². The van der Waals surface area contributed by atoms with Crippen LogP contribution in [0, 0.1) is 17.8 Å². The van der Waals surface area contributed by atoms with Crippen molar-refractivity contribution in [2.75, 3.05) is 7.05 Å². The SMILES string of the molecule is CNC(C(=O)C(C)C)C1CCCCC1C. The van der Waals surface area contributed by atoms with Crippen molar-refractivity contribution < 1.29 is 4.79 Å². The van der Waals surface area contributed by atoms with Gasteiger partial charge in [-0.05, 0) is 25.3 Å². The van der Waals surface area contributed by atoms with E-state index in [1.54, 1.807) is 0 Å². The van der Waals surface area contributed by atoms with Crippen molar-refractivity contribution in [2.45, 2.75) is 52.5 Å². The molecular formula is C13H25NO. The van der Waals surface area contributed by atoms with E-state index < -0.39 is 0 Å². The maximum absolute atomic E-state index is 12.1. The number of likely N-dealkylation sites (N-methyl/N-ethyl adjacent to an activating group) is 1. The predicted octanol–water partition coefficient (Wildman–Crippen LogP) is 2.63. The smallest absolute Gasteiger partial charge is 0.152 e. The maximum Gasteiger partial charge on any atom is 0.152 e. The first-order valence-electron chi connectivity index (χ1n) is 6.29. The van der Waals surface area contributed by atoms with Crippen LogP contribution in [-0.4, -0.2) is 18.9 Å². The van der Waals surface area contributed by atoms with Crippen molar-refractivity contribution in [3.63, 3.8) is 0 Å². The second-order valence-electron chi connectivity index (χ2n) is 5.25. The topological polar surface area (TPSA) is 29.1 Å². The Kier molecular flexibility index (Phi) is 4.78. The molecule has 1 aliphatic rings. The highest BCUT2D eigenvalue weighted by Gasteiger charge is 2.33. The lowest BCUT2D eigenvalue weighted by Gasteiger charge is -2.35. The first-order valence-corrected chi connectivity index (χ1v) is 6.29. The highest BCUT2D eigenvalue weighted by Crippen LogP contribution is 2.32. The van der Waals surface area contributed by atoms with Gasteiger partial charge in [0.05, 0.1) is 6.04 Å². The highest BCUT2D eigenvalue weighted by molar-refractivity contribution is 5.86. The van der Waals surface area contributed by atoms with Crippen LogP contribution in [0.3, 0.4) is 0 Å². The average molecular weight is 211 g/mol. The Balaban J connectivity index is 2.67. The van der Waals surface area contributed by atoms with Crippen molar-refractivity contribution in [1.82, 2.24) is 5.32 Å². The molecule has 0 radical (unpaired) electrons. The van der Waals surface area contributed by atoms with Crippen LogP contribution in [0.5, 0.6) is 0 Å². The van der Waals surface area contributed by atoms with Crippen LogP contribution in [0.15, 0.2) is 0 Å². The molecule has 1 rings (SSSR count). The fraction of sp³-hybridized carbons (Fsp3) is 0.923. The van der Waals surface area contributed by atoms with Gasteiger partial charge in [0.2, 0.25) is 0 Å². The van der Waals surface area contributed by atoms with E-state index in [4.69, 9.17) is 0 Å². The van der Waals surface area contributed by atoms with Crippen LogP contribution < -0.4 is 5.32 Å². The summed E-state index contributed by atoms with van der Waals surface area (Å²) in [6.45, 7) is 6.29. The minimum atomic E-state index is 0.0836. The second-order valence-corrected chi connectivity index (χ2v) is 5.25. The summed E-state index contributed by atoms with van der Waals surface area (Å²) in [6, 6.07) is 0.0836. The van der Waals surface area contributed by atoms with Crippen molar-refractivity contribution in [1.29, 1.82) is 0 Å². The van der Waals surface area contributed by atoms with Gasteiger partial charge in [0.1, 0.15) is 0 Å². The molecule has 88 valence electrons. The molecule has 0 saturated heterocycles. The van der Waals surface area contributed by atoms with E-state index in [0.29, 0.717) is 17.6 Å². The molecule has 3 atom stereocenters. The quantitative estimate of drug-likeness (QED) is 0.774. The van der Waals surface area contributed by atoms with Gasteiger partial charge in [0, 0.05) is 5.92 Å². The Morgan fingerprint density at radius 3 is 2.33 bits per heavy atom. The molecule has 1 saturated carbocycles. The van der Waals surface area contributed by atoms with Gasteiger partial charge in [-0.2, -0.15) is 0 Å². The summed E-state index contributed by atoms with van der Waals surface area (Å²) in [5, 5.41) is 3.23. The minimum absolute atomic E-state index is 0.0836. The molecular weight excluding hydrogens is 186 g/mol. The standard InChI is InChI=1S/C13H25NO/c1-9(2)13(15)12(14-4)11-8-6-5-7-10(11)3/h9-12,14H,5-8H2,1-4H3. The van der Waals surface area contributed by atoms with Crippen molar-refractivity contribution in [2.24, 2.45) is 17.8 Å². The Morgan fingerprint density at radius 1 is 1.27 bits per heavy atom.